The standard InChI is InChI=1S/C17H24N2O/c1-11(2)13(10-15(18-3)12-8-9-12)17-19-14-6-4-5-7-16(14)20-17/h10-12H,4-9H2,1-3H3/b13-10+,18-15?. The van der Waals surface area contributed by atoms with Gasteiger partial charge >= 0.3 is 0 Å². The monoisotopic (exact) mass is 272 g/mol. The molecular formula is C17H24N2O. The maximum absolute atomic E-state index is 6.04. The summed E-state index contributed by atoms with van der Waals surface area (Å²) in [6.07, 6.45) is 9.36. The molecule has 3 rings (SSSR count). The van der Waals surface area contributed by atoms with Crippen LogP contribution in [0.2, 0.25) is 0 Å². The van der Waals surface area contributed by atoms with Crippen molar-refractivity contribution in [3.8, 4) is 0 Å². The van der Waals surface area contributed by atoms with Crippen molar-refractivity contribution in [3.63, 3.8) is 0 Å². The average molecular weight is 272 g/mol. The van der Waals surface area contributed by atoms with Crippen LogP contribution in [0.25, 0.3) is 5.57 Å². The summed E-state index contributed by atoms with van der Waals surface area (Å²) in [5, 5.41) is 0. The number of aliphatic imine (C=N–C) groups is 1. The van der Waals surface area contributed by atoms with Crippen molar-refractivity contribution in [1.29, 1.82) is 0 Å². The summed E-state index contributed by atoms with van der Waals surface area (Å²) in [5.74, 6) is 3.01. The van der Waals surface area contributed by atoms with Gasteiger partial charge in [0.2, 0.25) is 5.89 Å². The van der Waals surface area contributed by atoms with E-state index in [1.807, 2.05) is 7.05 Å². The Hall–Kier alpha value is -1.38. The number of hydrogen-bond donors (Lipinski definition) is 0. The van der Waals surface area contributed by atoms with E-state index in [4.69, 9.17) is 9.40 Å². The lowest BCUT2D eigenvalue weighted by Crippen LogP contribution is -2.03. The first-order valence-electron chi connectivity index (χ1n) is 7.86. The minimum absolute atomic E-state index is 0.408. The molecule has 3 heteroatoms. The Kier molecular flexibility index (Phi) is 3.77. The molecule has 0 unspecified atom stereocenters. The van der Waals surface area contributed by atoms with E-state index in [1.165, 1.54) is 42.7 Å². The zero-order valence-corrected chi connectivity index (χ0v) is 12.8. The Morgan fingerprint density at radius 2 is 2.05 bits per heavy atom. The molecular weight excluding hydrogens is 248 g/mol. The van der Waals surface area contributed by atoms with Gasteiger partial charge in [-0.25, -0.2) is 4.98 Å². The van der Waals surface area contributed by atoms with Crippen molar-refractivity contribution in [2.45, 2.75) is 52.4 Å². The minimum atomic E-state index is 0.408. The zero-order valence-electron chi connectivity index (χ0n) is 12.8. The molecule has 2 aliphatic carbocycles. The molecule has 1 fully saturated rings. The Balaban J connectivity index is 1.94. The van der Waals surface area contributed by atoms with Crippen LogP contribution >= 0.6 is 0 Å². The van der Waals surface area contributed by atoms with Crippen LogP contribution in [0, 0.1) is 11.8 Å². The molecule has 0 aliphatic heterocycles. The van der Waals surface area contributed by atoms with Crippen LogP contribution in [0.5, 0.6) is 0 Å². The van der Waals surface area contributed by atoms with Crippen molar-refractivity contribution in [1.82, 2.24) is 4.98 Å². The molecule has 0 atom stereocenters. The van der Waals surface area contributed by atoms with E-state index in [1.54, 1.807) is 0 Å². The zero-order chi connectivity index (χ0) is 14.1. The van der Waals surface area contributed by atoms with Crippen LogP contribution in [0.15, 0.2) is 15.5 Å². The van der Waals surface area contributed by atoms with Gasteiger partial charge in [-0.15, -0.1) is 0 Å². The summed E-state index contributed by atoms with van der Waals surface area (Å²) in [7, 11) is 1.89. The summed E-state index contributed by atoms with van der Waals surface area (Å²) in [5.41, 5.74) is 3.59. The predicted molar refractivity (Wildman–Crippen MR) is 82.0 cm³/mol. The second kappa shape index (κ2) is 5.55. The van der Waals surface area contributed by atoms with E-state index >= 15 is 0 Å². The van der Waals surface area contributed by atoms with Gasteiger partial charge in [0, 0.05) is 30.7 Å². The fourth-order valence-corrected chi connectivity index (χ4v) is 2.85. The second-order valence-corrected chi connectivity index (χ2v) is 6.27. The highest BCUT2D eigenvalue weighted by atomic mass is 16.4. The normalized spacial score (nSPS) is 20.4. The lowest BCUT2D eigenvalue weighted by molar-refractivity contribution is 0.463. The summed E-state index contributed by atoms with van der Waals surface area (Å²) in [6, 6.07) is 0. The van der Waals surface area contributed by atoms with Crippen LogP contribution in [0.1, 0.15) is 56.9 Å². The van der Waals surface area contributed by atoms with Gasteiger partial charge < -0.3 is 4.42 Å². The van der Waals surface area contributed by atoms with Gasteiger partial charge in [0.15, 0.2) is 0 Å². The number of aromatic nitrogens is 1. The van der Waals surface area contributed by atoms with Crippen molar-refractivity contribution in [2.24, 2.45) is 16.8 Å². The van der Waals surface area contributed by atoms with Crippen molar-refractivity contribution in [2.75, 3.05) is 7.05 Å². The molecule has 1 heterocycles. The van der Waals surface area contributed by atoms with E-state index in [9.17, 15) is 0 Å². The largest absolute Gasteiger partial charge is 0.441 e. The topological polar surface area (TPSA) is 38.4 Å². The molecule has 1 aromatic rings. The predicted octanol–water partition coefficient (Wildman–Crippen LogP) is 4.07. The number of allylic oxidation sites excluding steroid dienone is 2. The van der Waals surface area contributed by atoms with Crippen LogP contribution in [0.4, 0.5) is 0 Å². The maximum atomic E-state index is 6.04. The van der Waals surface area contributed by atoms with E-state index in [2.05, 4.69) is 24.9 Å². The first-order valence-corrected chi connectivity index (χ1v) is 7.86. The fraction of sp³-hybridized carbons (Fsp3) is 0.647. The number of rotatable bonds is 4. The third-order valence-corrected chi connectivity index (χ3v) is 4.27. The number of oxazole rings is 1. The first-order chi connectivity index (χ1) is 9.69. The number of fused-ring (bicyclic) bond motifs is 1. The van der Waals surface area contributed by atoms with E-state index in [-0.39, 0.29) is 0 Å². The van der Waals surface area contributed by atoms with Crippen molar-refractivity contribution in [3.05, 3.63) is 23.4 Å². The Morgan fingerprint density at radius 1 is 1.30 bits per heavy atom. The molecule has 1 saturated carbocycles. The molecule has 108 valence electrons. The molecule has 0 N–H and O–H groups in total. The molecule has 0 saturated heterocycles. The van der Waals surface area contributed by atoms with Gasteiger partial charge in [-0.1, -0.05) is 13.8 Å². The lowest BCUT2D eigenvalue weighted by Gasteiger charge is -2.08. The highest BCUT2D eigenvalue weighted by Crippen LogP contribution is 2.34. The van der Waals surface area contributed by atoms with Gasteiger partial charge in [-0.2, -0.15) is 0 Å². The van der Waals surface area contributed by atoms with E-state index in [0.29, 0.717) is 11.8 Å². The molecule has 1 aromatic heterocycles. The van der Waals surface area contributed by atoms with Crippen molar-refractivity contribution >= 4 is 11.3 Å². The van der Waals surface area contributed by atoms with E-state index < -0.39 is 0 Å². The highest BCUT2D eigenvalue weighted by Gasteiger charge is 2.27. The lowest BCUT2D eigenvalue weighted by atomic mass is 10.00. The number of nitrogens with zero attached hydrogens (tertiary/aromatic N) is 2. The maximum Gasteiger partial charge on any atom is 0.222 e. The molecule has 3 nitrogen and oxygen atoms in total. The SMILES string of the molecule is CN=C(/C=C(/c1nc2c(o1)CCCC2)C(C)C)C1CC1. The molecule has 0 aromatic carbocycles. The second-order valence-electron chi connectivity index (χ2n) is 6.27. The quantitative estimate of drug-likeness (QED) is 0.775. The highest BCUT2D eigenvalue weighted by molar-refractivity contribution is 6.03. The van der Waals surface area contributed by atoms with Crippen LogP contribution in [-0.2, 0) is 12.8 Å². The number of aryl methyl sites for hydroxylation is 2. The Bertz CT molecular complexity index is 524. The summed E-state index contributed by atoms with van der Waals surface area (Å²) < 4.78 is 6.04. The van der Waals surface area contributed by atoms with Gasteiger partial charge in [0.1, 0.15) is 5.76 Å². The van der Waals surface area contributed by atoms with Gasteiger partial charge in [-0.3, -0.25) is 4.99 Å². The Labute approximate surface area is 121 Å². The summed E-state index contributed by atoms with van der Waals surface area (Å²) in [6.45, 7) is 4.41. The Morgan fingerprint density at radius 3 is 2.65 bits per heavy atom. The third kappa shape index (κ3) is 2.72. The minimum Gasteiger partial charge on any atom is -0.441 e. The molecule has 0 amide bonds. The number of hydrogen-bond acceptors (Lipinski definition) is 3. The molecule has 2 aliphatic rings. The van der Waals surface area contributed by atoms with Gasteiger partial charge in [0.05, 0.1) is 5.69 Å². The molecule has 20 heavy (non-hydrogen) atoms. The van der Waals surface area contributed by atoms with Gasteiger partial charge in [0.25, 0.3) is 0 Å². The smallest absolute Gasteiger partial charge is 0.222 e. The van der Waals surface area contributed by atoms with Gasteiger partial charge in [-0.05, 0) is 44.1 Å². The molecule has 0 spiro atoms. The third-order valence-electron chi connectivity index (χ3n) is 4.27. The summed E-state index contributed by atoms with van der Waals surface area (Å²) >= 11 is 0. The van der Waals surface area contributed by atoms with Crippen molar-refractivity contribution < 1.29 is 4.42 Å². The van der Waals surface area contributed by atoms with E-state index in [0.717, 1.165) is 24.5 Å². The average Bonchev–Trinajstić information content (AvgIpc) is 3.18. The molecule has 0 radical (unpaired) electrons. The summed E-state index contributed by atoms with van der Waals surface area (Å²) in [4.78, 5) is 9.20. The van der Waals surface area contributed by atoms with Crippen LogP contribution in [0.3, 0.4) is 0 Å². The first kappa shape index (κ1) is 13.6. The van der Waals surface area contributed by atoms with Crippen LogP contribution < -0.4 is 0 Å². The van der Waals surface area contributed by atoms with Crippen LogP contribution in [-0.4, -0.2) is 17.7 Å². The fourth-order valence-electron chi connectivity index (χ4n) is 2.85. The molecule has 0 bridgehead atoms.